The first-order chi connectivity index (χ1) is 11.7. The molecule has 1 aromatic carbocycles. The maximum absolute atomic E-state index is 11.7. The van der Waals surface area contributed by atoms with Crippen LogP contribution in [0.5, 0.6) is 5.75 Å². The topological polar surface area (TPSA) is 55.0 Å². The lowest BCUT2D eigenvalue weighted by Crippen LogP contribution is -2.10. The minimum Gasteiger partial charge on any atom is -0.494 e. The molecule has 0 unspecified atom stereocenters. The summed E-state index contributed by atoms with van der Waals surface area (Å²) in [6, 6.07) is 8.90. The van der Waals surface area contributed by atoms with Gasteiger partial charge in [-0.05, 0) is 42.9 Å². The molecule has 7 heteroatoms. The minimum absolute atomic E-state index is 0.0861. The van der Waals surface area contributed by atoms with Gasteiger partial charge >= 0.3 is 0 Å². The lowest BCUT2D eigenvalue weighted by atomic mass is 10.3. The van der Waals surface area contributed by atoms with Crippen molar-refractivity contribution in [2.45, 2.75) is 30.7 Å². The van der Waals surface area contributed by atoms with E-state index >= 15 is 0 Å². The van der Waals surface area contributed by atoms with Gasteiger partial charge in [0.05, 0.1) is 12.3 Å². The number of nitrogens with one attached hydrogen (secondary N) is 1. The van der Waals surface area contributed by atoms with E-state index in [9.17, 15) is 4.79 Å². The molecule has 0 saturated carbocycles. The van der Waals surface area contributed by atoms with Crippen LogP contribution in [-0.4, -0.2) is 28.1 Å². The van der Waals surface area contributed by atoms with E-state index in [1.807, 2.05) is 24.3 Å². The molecule has 0 aliphatic carbocycles. The summed E-state index contributed by atoms with van der Waals surface area (Å²) in [5.74, 6) is 3.51. The molecule has 1 N–H and O–H groups in total. The highest BCUT2D eigenvalue weighted by atomic mass is 35.5. The van der Waals surface area contributed by atoms with E-state index in [0.29, 0.717) is 16.8 Å². The van der Waals surface area contributed by atoms with Crippen molar-refractivity contribution < 1.29 is 4.74 Å². The SMILES string of the molecule is CCCSCc1cc(=O)[nH]c(SCCCOc2ccc(Cl)cc2)n1. The van der Waals surface area contributed by atoms with E-state index in [1.54, 1.807) is 29.6 Å². The number of halogens is 1. The molecule has 130 valence electrons. The standard InChI is InChI=1S/C17H21ClN2O2S2/c1-2-9-23-12-14-11-16(21)20-17(19-14)24-10-3-8-22-15-6-4-13(18)5-7-15/h4-7,11H,2-3,8-10,12H2,1H3,(H,19,20,21). The van der Waals surface area contributed by atoms with Crippen molar-refractivity contribution in [3.05, 3.63) is 51.4 Å². The lowest BCUT2D eigenvalue weighted by molar-refractivity contribution is 0.318. The van der Waals surface area contributed by atoms with Gasteiger partial charge in [-0.1, -0.05) is 30.3 Å². The summed E-state index contributed by atoms with van der Waals surface area (Å²) in [6.07, 6.45) is 1.99. The summed E-state index contributed by atoms with van der Waals surface area (Å²) >= 11 is 9.18. The molecule has 1 heterocycles. The molecule has 0 spiro atoms. The fourth-order valence-electron chi connectivity index (χ4n) is 1.90. The Balaban J connectivity index is 1.73. The molecule has 0 amide bonds. The molecule has 0 bridgehead atoms. The number of aromatic nitrogens is 2. The molecule has 4 nitrogen and oxygen atoms in total. The van der Waals surface area contributed by atoms with E-state index in [1.165, 1.54) is 0 Å². The van der Waals surface area contributed by atoms with E-state index < -0.39 is 0 Å². The summed E-state index contributed by atoms with van der Waals surface area (Å²) in [4.78, 5) is 19.0. The zero-order chi connectivity index (χ0) is 17.2. The van der Waals surface area contributed by atoms with Gasteiger partial charge < -0.3 is 9.72 Å². The average molecular weight is 385 g/mol. The van der Waals surface area contributed by atoms with E-state index in [2.05, 4.69) is 16.9 Å². The number of thioether (sulfide) groups is 2. The van der Waals surface area contributed by atoms with Gasteiger partial charge in [-0.2, -0.15) is 11.8 Å². The summed E-state index contributed by atoms with van der Waals surface area (Å²) in [5.41, 5.74) is 0.758. The quantitative estimate of drug-likeness (QED) is 0.367. The first-order valence-electron chi connectivity index (χ1n) is 7.86. The molecule has 1 aromatic heterocycles. The fourth-order valence-corrected chi connectivity index (χ4v) is 3.62. The van der Waals surface area contributed by atoms with Gasteiger partial charge in [0.1, 0.15) is 5.75 Å². The number of hydrogen-bond donors (Lipinski definition) is 1. The Bertz CT molecular complexity index is 677. The molecule has 0 atom stereocenters. The minimum atomic E-state index is -0.0861. The van der Waals surface area contributed by atoms with E-state index in [4.69, 9.17) is 16.3 Å². The monoisotopic (exact) mass is 384 g/mol. The lowest BCUT2D eigenvalue weighted by Gasteiger charge is -2.06. The van der Waals surface area contributed by atoms with Gasteiger partial charge in [0.25, 0.3) is 5.56 Å². The molecule has 0 fully saturated rings. The second kappa shape index (κ2) is 10.7. The van der Waals surface area contributed by atoms with Crippen molar-refractivity contribution in [1.82, 2.24) is 9.97 Å². The van der Waals surface area contributed by atoms with Gasteiger partial charge in [0.15, 0.2) is 5.16 Å². The molecule has 0 saturated heterocycles. The van der Waals surface area contributed by atoms with Crippen LogP contribution in [0.4, 0.5) is 0 Å². The van der Waals surface area contributed by atoms with Gasteiger partial charge in [0, 0.05) is 22.6 Å². The molecule has 0 radical (unpaired) electrons. The molecule has 2 aromatic rings. The Morgan fingerprint density at radius 3 is 2.79 bits per heavy atom. The van der Waals surface area contributed by atoms with Crippen LogP contribution in [0, 0.1) is 0 Å². The predicted octanol–water partition coefficient (Wildman–Crippen LogP) is 4.63. The van der Waals surface area contributed by atoms with Gasteiger partial charge in [-0.3, -0.25) is 4.79 Å². The van der Waals surface area contributed by atoms with Crippen LogP contribution < -0.4 is 10.3 Å². The Labute approximate surface area is 155 Å². The summed E-state index contributed by atoms with van der Waals surface area (Å²) < 4.78 is 5.64. The van der Waals surface area contributed by atoms with E-state index in [-0.39, 0.29) is 5.56 Å². The van der Waals surface area contributed by atoms with Gasteiger partial charge in [-0.15, -0.1) is 0 Å². The maximum Gasteiger partial charge on any atom is 0.251 e. The zero-order valence-corrected chi connectivity index (χ0v) is 16.0. The first-order valence-corrected chi connectivity index (χ1v) is 10.4. The third-order valence-corrected chi connectivity index (χ3v) is 5.39. The number of nitrogens with zero attached hydrogens (tertiary/aromatic N) is 1. The van der Waals surface area contributed by atoms with Crippen LogP contribution in [0.2, 0.25) is 5.02 Å². The largest absolute Gasteiger partial charge is 0.494 e. The van der Waals surface area contributed by atoms with Crippen LogP contribution in [0.15, 0.2) is 40.3 Å². The molecular weight excluding hydrogens is 364 g/mol. The zero-order valence-electron chi connectivity index (χ0n) is 13.6. The number of benzene rings is 1. The fraction of sp³-hybridized carbons (Fsp3) is 0.412. The summed E-state index contributed by atoms with van der Waals surface area (Å²) in [6.45, 7) is 2.76. The Morgan fingerprint density at radius 1 is 1.25 bits per heavy atom. The summed E-state index contributed by atoms with van der Waals surface area (Å²) in [7, 11) is 0. The molecular formula is C17H21ClN2O2S2. The second-order valence-electron chi connectivity index (χ2n) is 5.10. The number of H-pyrrole nitrogens is 1. The van der Waals surface area contributed by atoms with Crippen molar-refractivity contribution in [3.63, 3.8) is 0 Å². The third kappa shape index (κ3) is 7.20. The van der Waals surface area contributed by atoms with E-state index in [0.717, 1.165) is 41.5 Å². The Kier molecular flexibility index (Phi) is 8.56. The number of ether oxygens (including phenoxy) is 1. The van der Waals surface area contributed by atoms with Crippen molar-refractivity contribution >= 4 is 35.1 Å². The molecule has 24 heavy (non-hydrogen) atoms. The van der Waals surface area contributed by atoms with Crippen LogP contribution in [0.25, 0.3) is 0 Å². The summed E-state index contributed by atoms with van der Waals surface area (Å²) in [5, 5.41) is 1.38. The number of rotatable bonds is 10. The molecule has 2 rings (SSSR count). The predicted molar refractivity (Wildman–Crippen MR) is 104 cm³/mol. The molecule has 0 aliphatic heterocycles. The van der Waals surface area contributed by atoms with Crippen molar-refractivity contribution in [3.8, 4) is 5.75 Å². The van der Waals surface area contributed by atoms with Gasteiger partial charge in [0.2, 0.25) is 0 Å². The number of aromatic amines is 1. The normalized spacial score (nSPS) is 10.8. The first kappa shape index (κ1) is 19.2. The van der Waals surface area contributed by atoms with Crippen LogP contribution in [0.3, 0.4) is 0 Å². The highest BCUT2D eigenvalue weighted by Gasteiger charge is 2.03. The van der Waals surface area contributed by atoms with Crippen LogP contribution >= 0.6 is 35.1 Å². The maximum atomic E-state index is 11.7. The second-order valence-corrected chi connectivity index (χ2v) is 7.72. The smallest absolute Gasteiger partial charge is 0.251 e. The van der Waals surface area contributed by atoms with Crippen molar-refractivity contribution in [2.24, 2.45) is 0 Å². The Hall–Kier alpha value is -1.11. The Morgan fingerprint density at radius 2 is 2.04 bits per heavy atom. The van der Waals surface area contributed by atoms with Crippen molar-refractivity contribution in [1.29, 1.82) is 0 Å². The van der Waals surface area contributed by atoms with Crippen molar-refractivity contribution in [2.75, 3.05) is 18.1 Å². The third-order valence-electron chi connectivity index (χ3n) is 2.98. The highest BCUT2D eigenvalue weighted by Crippen LogP contribution is 2.17. The number of hydrogen-bond acceptors (Lipinski definition) is 5. The highest BCUT2D eigenvalue weighted by molar-refractivity contribution is 7.99. The van der Waals surface area contributed by atoms with Gasteiger partial charge in [-0.25, -0.2) is 4.98 Å². The van der Waals surface area contributed by atoms with Crippen LogP contribution in [-0.2, 0) is 5.75 Å². The average Bonchev–Trinajstić information content (AvgIpc) is 2.56. The van der Waals surface area contributed by atoms with Crippen LogP contribution in [0.1, 0.15) is 25.5 Å². The molecule has 0 aliphatic rings.